The van der Waals surface area contributed by atoms with E-state index in [1.165, 1.54) is 0 Å². The molecular weight excluding hydrogens is 596 g/mol. The van der Waals surface area contributed by atoms with Crippen molar-refractivity contribution in [3.05, 3.63) is 35.4 Å². The molecule has 10 nitrogen and oxygen atoms in total. The number of aromatic hydroxyl groups is 1. The highest BCUT2D eigenvalue weighted by Crippen LogP contribution is 2.66. The van der Waals surface area contributed by atoms with Crippen molar-refractivity contribution in [3.8, 4) is 11.5 Å². The smallest absolute Gasteiger partial charge is 0.508 e. The first-order valence-corrected chi connectivity index (χ1v) is 13.3. The topological polar surface area (TPSA) is 142 Å². The summed E-state index contributed by atoms with van der Waals surface area (Å²) in [5.41, 5.74) is -0.0188. The maximum atomic E-state index is 13.6. The molecule has 6 atom stereocenters. The third kappa shape index (κ3) is 4.27. The van der Waals surface area contributed by atoms with Gasteiger partial charge >= 0.3 is 12.3 Å². The number of carbonyl (C=O) groups is 5. The summed E-state index contributed by atoms with van der Waals surface area (Å²) in [5, 5.41) is 19.8. The van der Waals surface area contributed by atoms with Crippen molar-refractivity contribution in [3.63, 3.8) is 0 Å². The van der Waals surface area contributed by atoms with Crippen LogP contribution in [0.15, 0.2) is 29.8 Å². The summed E-state index contributed by atoms with van der Waals surface area (Å²) in [6.45, 7) is -0.147. The predicted molar refractivity (Wildman–Crippen MR) is 134 cm³/mol. The average molecular weight is 619 g/mol. The Hall–Kier alpha value is -3.32. The molecule has 3 fully saturated rings. The Kier molecular flexibility index (Phi) is 6.85. The van der Waals surface area contributed by atoms with Gasteiger partial charge in [-0.3, -0.25) is 33.8 Å². The highest BCUT2D eigenvalue weighted by Gasteiger charge is 2.76. The fourth-order valence-corrected chi connectivity index (χ4v) is 7.74. The molecule has 1 aromatic carbocycles. The number of phenols is 1. The molecule has 41 heavy (non-hydrogen) atoms. The number of carboxylic acid groups (broad SMARTS) is 1. The molecule has 2 aliphatic carbocycles. The first-order chi connectivity index (χ1) is 19.0. The van der Waals surface area contributed by atoms with E-state index in [-0.39, 0.29) is 43.4 Å². The fourth-order valence-electron chi connectivity index (χ4n) is 6.72. The first-order valence-electron chi connectivity index (χ1n) is 12.6. The molecule has 2 N–H and O–H groups in total. The number of imide groups is 2. The van der Waals surface area contributed by atoms with Gasteiger partial charge in [0.1, 0.15) is 11.5 Å². The number of likely N-dealkylation sites (tertiary alicyclic amines) is 2. The van der Waals surface area contributed by atoms with Crippen molar-refractivity contribution >= 4 is 52.8 Å². The number of phenolic OH excluding ortho intramolecular Hbond substituents is 1. The van der Waals surface area contributed by atoms with Crippen LogP contribution in [0, 0.1) is 17.8 Å². The van der Waals surface area contributed by atoms with Crippen LogP contribution < -0.4 is 4.74 Å². The summed E-state index contributed by atoms with van der Waals surface area (Å²) in [5.74, 6) is -9.77. The molecule has 4 amide bonds. The standard InChI is InChI=1S/C26H23Cl2F3N2O8/c1-32-22(39)24(27)10-15-12(5-6-13-18(15)21(38)33(20(13)37)8-2-3-17(35)36)19(25(24,28)23(32)40)14-9-11(4-7-16(14)34)41-26(29,30)31/h4-5,7,9,13,15,18-19,34H,2-3,6,8,10H2,1H3,(H,35,36)/t13-,15+,18-,19+,24+,25-/m0/s1. The Labute approximate surface area is 240 Å². The number of nitrogens with zero attached hydrogens (tertiary/aromatic N) is 2. The number of ether oxygens (including phenoxy) is 1. The first kappa shape index (κ1) is 29.2. The van der Waals surface area contributed by atoms with Gasteiger partial charge in [-0.25, -0.2) is 0 Å². The number of rotatable bonds is 6. The second-order valence-corrected chi connectivity index (χ2v) is 11.8. The number of hydrogen-bond acceptors (Lipinski definition) is 7. The number of fused-ring (bicyclic) bond motifs is 4. The normalized spacial score (nSPS) is 33.0. The Morgan fingerprint density at radius 3 is 2.44 bits per heavy atom. The van der Waals surface area contributed by atoms with E-state index in [1.807, 2.05) is 0 Å². The van der Waals surface area contributed by atoms with Crippen molar-refractivity contribution in [2.45, 2.75) is 47.7 Å². The molecule has 1 aromatic rings. The Morgan fingerprint density at radius 1 is 1.12 bits per heavy atom. The molecule has 0 spiro atoms. The van der Waals surface area contributed by atoms with Crippen molar-refractivity contribution in [1.82, 2.24) is 9.80 Å². The van der Waals surface area contributed by atoms with Gasteiger partial charge in [0, 0.05) is 31.5 Å². The summed E-state index contributed by atoms with van der Waals surface area (Å²) in [6, 6.07) is 2.62. The predicted octanol–water partition coefficient (Wildman–Crippen LogP) is 3.14. The van der Waals surface area contributed by atoms with E-state index < -0.39 is 80.9 Å². The van der Waals surface area contributed by atoms with Crippen molar-refractivity contribution in [1.29, 1.82) is 0 Å². The third-order valence-electron chi connectivity index (χ3n) is 8.42. The summed E-state index contributed by atoms with van der Waals surface area (Å²) in [4.78, 5) is 61.8. The number of amides is 4. The monoisotopic (exact) mass is 618 g/mol. The van der Waals surface area contributed by atoms with E-state index in [1.54, 1.807) is 6.08 Å². The van der Waals surface area contributed by atoms with Crippen LogP contribution in [0.5, 0.6) is 11.5 Å². The van der Waals surface area contributed by atoms with Gasteiger partial charge in [0.05, 0.1) is 11.8 Å². The van der Waals surface area contributed by atoms with Crippen LogP contribution in [0.25, 0.3) is 0 Å². The fraction of sp³-hybridized carbons (Fsp3) is 0.500. The van der Waals surface area contributed by atoms with Crippen LogP contribution >= 0.6 is 23.2 Å². The number of carboxylic acids is 1. The zero-order chi connectivity index (χ0) is 30.2. The van der Waals surface area contributed by atoms with Gasteiger partial charge in [0.15, 0.2) is 9.75 Å². The van der Waals surface area contributed by atoms with Crippen LogP contribution in [0.4, 0.5) is 13.2 Å². The second-order valence-electron chi connectivity index (χ2n) is 10.6. The Bertz CT molecular complexity index is 1420. The molecule has 4 aliphatic rings. The summed E-state index contributed by atoms with van der Waals surface area (Å²) >= 11 is 13.9. The van der Waals surface area contributed by atoms with E-state index in [9.17, 15) is 42.3 Å². The summed E-state index contributed by atoms with van der Waals surface area (Å²) in [7, 11) is 1.15. The number of aliphatic carboxylic acids is 1. The lowest BCUT2D eigenvalue weighted by molar-refractivity contribution is -0.274. The van der Waals surface area contributed by atoms with Gasteiger partial charge in [-0.15, -0.1) is 36.4 Å². The molecule has 0 aromatic heterocycles. The summed E-state index contributed by atoms with van der Waals surface area (Å²) in [6.07, 6.45) is -4.16. The minimum Gasteiger partial charge on any atom is -0.508 e. The zero-order valence-electron chi connectivity index (χ0n) is 21.3. The van der Waals surface area contributed by atoms with Crippen LogP contribution in [-0.2, 0) is 24.0 Å². The molecule has 2 aliphatic heterocycles. The highest BCUT2D eigenvalue weighted by atomic mass is 35.5. The van der Waals surface area contributed by atoms with Gasteiger partial charge in [-0.05, 0) is 43.4 Å². The quantitative estimate of drug-likeness (QED) is 0.281. The number of carbonyl (C=O) groups excluding carboxylic acids is 4. The van der Waals surface area contributed by atoms with Gasteiger partial charge in [-0.1, -0.05) is 11.6 Å². The van der Waals surface area contributed by atoms with E-state index >= 15 is 0 Å². The lowest BCUT2D eigenvalue weighted by atomic mass is 9.56. The van der Waals surface area contributed by atoms with E-state index in [4.69, 9.17) is 28.3 Å². The maximum Gasteiger partial charge on any atom is 0.573 e. The van der Waals surface area contributed by atoms with Crippen LogP contribution in [-0.4, -0.2) is 79.3 Å². The SMILES string of the molecule is CN1C(=O)[C@]2(Cl)C[C@@H]3C(=CC[C@@H]4C(=O)N(CCCC(=O)O)C(=O)[C@@H]43)[C@H](c3cc(OC(F)(F)F)ccc3O)[C@]2(Cl)C1=O. The molecule has 5 rings (SSSR count). The van der Waals surface area contributed by atoms with Gasteiger partial charge in [0.25, 0.3) is 11.8 Å². The van der Waals surface area contributed by atoms with Gasteiger partial charge in [0.2, 0.25) is 11.8 Å². The van der Waals surface area contributed by atoms with E-state index in [2.05, 4.69) is 4.74 Å². The number of halogens is 5. The number of benzene rings is 1. The minimum atomic E-state index is -5.09. The van der Waals surface area contributed by atoms with Gasteiger partial charge < -0.3 is 14.9 Å². The molecule has 15 heteroatoms. The Morgan fingerprint density at radius 2 is 1.80 bits per heavy atom. The lowest BCUT2D eigenvalue weighted by Gasteiger charge is -2.50. The number of hydrogen-bond donors (Lipinski definition) is 2. The third-order valence-corrected chi connectivity index (χ3v) is 9.83. The molecule has 0 bridgehead atoms. The van der Waals surface area contributed by atoms with Gasteiger partial charge in [-0.2, -0.15) is 0 Å². The largest absolute Gasteiger partial charge is 0.573 e. The second kappa shape index (κ2) is 9.62. The zero-order valence-corrected chi connectivity index (χ0v) is 22.8. The van der Waals surface area contributed by atoms with Crippen molar-refractivity contribution in [2.75, 3.05) is 13.6 Å². The van der Waals surface area contributed by atoms with E-state index in [0.717, 1.165) is 30.1 Å². The maximum absolute atomic E-state index is 13.6. The molecule has 2 heterocycles. The number of allylic oxidation sites excluding steroid dienone is 2. The average Bonchev–Trinajstić information content (AvgIpc) is 3.19. The summed E-state index contributed by atoms with van der Waals surface area (Å²) < 4.78 is 43.1. The number of alkyl halides is 5. The van der Waals surface area contributed by atoms with Crippen molar-refractivity contribution < 1.29 is 52.1 Å². The molecular formula is C26H23Cl2F3N2O8. The molecule has 220 valence electrons. The van der Waals surface area contributed by atoms with Crippen LogP contribution in [0.3, 0.4) is 0 Å². The lowest BCUT2D eigenvalue weighted by Crippen LogP contribution is -2.60. The molecule has 1 saturated carbocycles. The Balaban J connectivity index is 1.64. The minimum absolute atomic E-state index is 0.00720. The highest BCUT2D eigenvalue weighted by molar-refractivity contribution is 6.53. The molecule has 2 saturated heterocycles. The molecule has 0 radical (unpaired) electrons. The van der Waals surface area contributed by atoms with Crippen LogP contribution in [0.1, 0.15) is 37.2 Å². The van der Waals surface area contributed by atoms with Crippen molar-refractivity contribution in [2.24, 2.45) is 17.8 Å². The molecule has 0 unspecified atom stereocenters. The van der Waals surface area contributed by atoms with E-state index in [0.29, 0.717) is 4.90 Å². The van der Waals surface area contributed by atoms with Crippen LogP contribution in [0.2, 0.25) is 0 Å².